The molecule has 0 aromatic rings. The molecule has 96 valence electrons. The molecule has 0 aromatic carbocycles. The standard InChI is InChI=1S/C14H30OSi/c1-5-15-14(16(2,3)4)13-11-9-7-6-8-10-12-13/h13-14H,5-12H2,1-4H3. The highest BCUT2D eigenvalue weighted by Gasteiger charge is 2.34. The summed E-state index contributed by atoms with van der Waals surface area (Å²) >= 11 is 0. The molecule has 16 heavy (non-hydrogen) atoms. The van der Waals surface area contributed by atoms with E-state index in [1.54, 1.807) is 0 Å². The predicted octanol–water partition coefficient (Wildman–Crippen LogP) is 4.63. The fourth-order valence-corrected chi connectivity index (χ4v) is 5.48. The van der Waals surface area contributed by atoms with Crippen molar-refractivity contribution in [3.8, 4) is 0 Å². The zero-order valence-corrected chi connectivity index (χ0v) is 12.7. The first-order valence-electron chi connectivity index (χ1n) is 7.17. The Morgan fingerprint density at radius 1 is 1.00 bits per heavy atom. The first kappa shape index (κ1) is 14.2. The van der Waals surface area contributed by atoms with Gasteiger partial charge in [-0.1, -0.05) is 51.7 Å². The fraction of sp³-hybridized carbons (Fsp3) is 1.00. The Bertz CT molecular complexity index is 178. The lowest BCUT2D eigenvalue weighted by atomic mass is 9.91. The molecule has 0 spiro atoms. The Balaban J connectivity index is 2.59. The van der Waals surface area contributed by atoms with Crippen LogP contribution in [0.4, 0.5) is 0 Å². The van der Waals surface area contributed by atoms with Crippen molar-refractivity contribution in [1.82, 2.24) is 0 Å². The third-order valence-corrected chi connectivity index (χ3v) is 6.12. The van der Waals surface area contributed by atoms with Crippen LogP contribution in [0, 0.1) is 5.92 Å². The maximum Gasteiger partial charge on any atom is 0.0788 e. The summed E-state index contributed by atoms with van der Waals surface area (Å²) in [5.74, 6) is 0.854. The van der Waals surface area contributed by atoms with Crippen LogP contribution in [-0.4, -0.2) is 20.4 Å². The quantitative estimate of drug-likeness (QED) is 0.653. The number of hydrogen-bond donors (Lipinski definition) is 0. The van der Waals surface area contributed by atoms with Crippen LogP contribution in [0.1, 0.15) is 51.9 Å². The zero-order chi connectivity index (χ0) is 12.0. The lowest BCUT2D eigenvalue weighted by molar-refractivity contribution is 0.0590. The largest absolute Gasteiger partial charge is 0.382 e. The summed E-state index contributed by atoms with van der Waals surface area (Å²) < 4.78 is 6.10. The smallest absolute Gasteiger partial charge is 0.0788 e. The molecule has 0 radical (unpaired) electrons. The highest BCUT2D eigenvalue weighted by molar-refractivity contribution is 6.77. The SMILES string of the molecule is CCOC(C1CCCCCCC1)[Si](C)(C)C. The van der Waals surface area contributed by atoms with Gasteiger partial charge < -0.3 is 4.74 Å². The van der Waals surface area contributed by atoms with E-state index in [-0.39, 0.29) is 0 Å². The molecular weight excluding hydrogens is 212 g/mol. The Hall–Kier alpha value is 0.177. The molecule has 1 fully saturated rings. The summed E-state index contributed by atoms with van der Waals surface area (Å²) in [5, 5.41) is 0. The van der Waals surface area contributed by atoms with Gasteiger partial charge in [-0.2, -0.15) is 0 Å². The second kappa shape index (κ2) is 6.80. The number of rotatable bonds is 4. The van der Waals surface area contributed by atoms with Crippen LogP contribution in [0.3, 0.4) is 0 Å². The van der Waals surface area contributed by atoms with Crippen LogP contribution >= 0.6 is 0 Å². The summed E-state index contributed by atoms with van der Waals surface area (Å²) in [5.41, 5.74) is 0.593. The van der Waals surface area contributed by atoms with Crippen LogP contribution in [-0.2, 0) is 4.74 Å². The molecule has 1 nitrogen and oxygen atoms in total. The average Bonchev–Trinajstić information content (AvgIpc) is 2.13. The van der Waals surface area contributed by atoms with Gasteiger partial charge in [0.05, 0.1) is 13.8 Å². The molecule has 1 saturated carbocycles. The fourth-order valence-electron chi connectivity index (χ4n) is 3.06. The van der Waals surface area contributed by atoms with E-state index in [0.717, 1.165) is 12.5 Å². The van der Waals surface area contributed by atoms with Crippen LogP contribution < -0.4 is 0 Å². The van der Waals surface area contributed by atoms with Crippen molar-refractivity contribution in [3.05, 3.63) is 0 Å². The molecule has 0 N–H and O–H groups in total. The minimum atomic E-state index is -1.16. The molecule has 1 aliphatic carbocycles. The minimum Gasteiger partial charge on any atom is -0.382 e. The number of ether oxygens (including phenoxy) is 1. The summed E-state index contributed by atoms with van der Waals surface area (Å²) in [6.07, 6.45) is 10.0. The molecule has 1 atom stereocenters. The Labute approximate surface area is 103 Å². The second-order valence-corrected chi connectivity index (χ2v) is 11.6. The summed E-state index contributed by atoms with van der Waals surface area (Å²) in [6, 6.07) is 0. The van der Waals surface area contributed by atoms with E-state index in [9.17, 15) is 0 Å². The average molecular weight is 242 g/mol. The van der Waals surface area contributed by atoms with Crippen molar-refractivity contribution in [1.29, 1.82) is 0 Å². The van der Waals surface area contributed by atoms with Gasteiger partial charge >= 0.3 is 0 Å². The van der Waals surface area contributed by atoms with Crippen LogP contribution in [0.2, 0.25) is 19.6 Å². The van der Waals surface area contributed by atoms with E-state index in [1.807, 2.05) is 0 Å². The Kier molecular flexibility index (Phi) is 6.05. The summed E-state index contributed by atoms with van der Waals surface area (Å²) in [6.45, 7) is 10.4. The zero-order valence-electron chi connectivity index (χ0n) is 11.7. The van der Waals surface area contributed by atoms with Gasteiger partial charge in [-0.05, 0) is 25.7 Å². The molecular formula is C14H30OSi. The van der Waals surface area contributed by atoms with Crippen molar-refractivity contribution >= 4 is 8.07 Å². The van der Waals surface area contributed by atoms with Gasteiger partial charge in [0.15, 0.2) is 0 Å². The van der Waals surface area contributed by atoms with E-state index in [0.29, 0.717) is 5.73 Å². The van der Waals surface area contributed by atoms with Gasteiger partial charge in [0.25, 0.3) is 0 Å². The van der Waals surface area contributed by atoms with E-state index in [2.05, 4.69) is 26.6 Å². The maximum atomic E-state index is 6.10. The number of hydrogen-bond acceptors (Lipinski definition) is 1. The molecule has 0 bridgehead atoms. The topological polar surface area (TPSA) is 9.23 Å². The second-order valence-electron chi connectivity index (χ2n) is 6.35. The molecule has 2 heteroatoms. The first-order valence-corrected chi connectivity index (χ1v) is 10.7. The molecule has 0 heterocycles. The van der Waals surface area contributed by atoms with E-state index in [1.165, 1.54) is 44.9 Å². The Morgan fingerprint density at radius 2 is 1.50 bits per heavy atom. The van der Waals surface area contributed by atoms with Gasteiger partial charge in [0, 0.05) is 6.61 Å². The molecule has 0 aliphatic heterocycles. The van der Waals surface area contributed by atoms with Gasteiger partial charge in [-0.15, -0.1) is 0 Å². The lowest BCUT2D eigenvalue weighted by Gasteiger charge is -2.36. The van der Waals surface area contributed by atoms with Crippen molar-refractivity contribution in [2.75, 3.05) is 6.61 Å². The van der Waals surface area contributed by atoms with E-state index >= 15 is 0 Å². The first-order chi connectivity index (χ1) is 7.55. The van der Waals surface area contributed by atoms with Crippen LogP contribution in [0.15, 0.2) is 0 Å². The molecule has 1 unspecified atom stereocenters. The summed E-state index contributed by atoms with van der Waals surface area (Å²) in [7, 11) is -1.16. The van der Waals surface area contributed by atoms with Crippen LogP contribution in [0.5, 0.6) is 0 Å². The highest BCUT2D eigenvalue weighted by Crippen LogP contribution is 2.30. The van der Waals surface area contributed by atoms with Gasteiger partial charge in [-0.3, -0.25) is 0 Å². The highest BCUT2D eigenvalue weighted by atomic mass is 28.3. The predicted molar refractivity (Wildman–Crippen MR) is 74.6 cm³/mol. The van der Waals surface area contributed by atoms with Crippen molar-refractivity contribution in [3.63, 3.8) is 0 Å². The van der Waals surface area contributed by atoms with Crippen LogP contribution in [0.25, 0.3) is 0 Å². The normalized spacial score (nSPS) is 22.5. The Morgan fingerprint density at radius 3 is 1.94 bits per heavy atom. The van der Waals surface area contributed by atoms with Gasteiger partial charge in [-0.25, -0.2) is 0 Å². The molecule has 0 aromatic heterocycles. The third kappa shape index (κ3) is 4.58. The van der Waals surface area contributed by atoms with Crippen molar-refractivity contribution in [2.24, 2.45) is 5.92 Å². The maximum absolute atomic E-state index is 6.10. The summed E-state index contributed by atoms with van der Waals surface area (Å²) in [4.78, 5) is 0. The van der Waals surface area contributed by atoms with Crippen molar-refractivity contribution < 1.29 is 4.74 Å². The van der Waals surface area contributed by atoms with Crippen molar-refractivity contribution in [2.45, 2.75) is 77.2 Å². The van der Waals surface area contributed by atoms with Gasteiger partial charge in [0.2, 0.25) is 0 Å². The molecule has 1 rings (SSSR count). The molecule has 0 saturated heterocycles. The molecule has 0 amide bonds. The minimum absolute atomic E-state index is 0.593. The van der Waals surface area contributed by atoms with E-state index < -0.39 is 8.07 Å². The lowest BCUT2D eigenvalue weighted by Crippen LogP contribution is -2.46. The monoisotopic (exact) mass is 242 g/mol. The third-order valence-electron chi connectivity index (χ3n) is 3.78. The molecule has 1 aliphatic rings. The van der Waals surface area contributed by atoms with Gasteiger partial charge in [0.1, 0.15) is 0 Å². The van der Waals surface area contributed by atoms with E-state index in [4.69, 9.17) is 4.74 Å².